The van der Waals surface area contributed by atoms with Crippen LogP contribution >= 0.6 is 0 Å². The average molecular weight is 1060 g/mol. The van der Waals surface area contributed by atoms with Crippen LogP contribution < -0.4 is 0 Å². The summed E-state index contributed by atoms with van der Waals surface area (Å²) in [4.78, 5) is 0. The largest absolute Gasteiger partial charge is 0.0651 e. The lowest BCUT2D eigenvalue weighted by molar-refractivity contribution is 0.349. The second-order valence-electron chi connectivity index (χ2n) is 24.2. The van der Waals surface area contributed by atoms with E-state index in [1.54, 1.807) is 48.5 Å². The van der Waals surface area contributed by atoms with Gasteiger partial charge in [0.05, 0.1) is 0 Å². The molecule has 438 valence electrons. The highest BCUT2D eigenvalue weighted by Gasteiger charge is 2.12. The van der Waals surface area contributed by atoms with Crippen LogP contribution in [0.25, 0.3) is 0 Å². The standard InChI is InChI=1S/C9H12.2C8H10.C8H16.C7H14.C7H8.C7H14.C6H12.C6H14.2C5H12/c1-7-5-4-6-8(2)9(7)3;1-7-3-5-8(2)6-4-7;1-7-5-3-4-6-8(7)2;1-2-8-6-4-3-5-7-8;2*1-7-5-3-2-4-6-7;1-2-7-5-3-4-6-7;1-6-4-2-3-5-6;1-5-6(2,3)4;1-5(2,3)4;1-4-5(2)3/h4-6H,1-3H3;2*3-6H,1-2H3;8H,2-7H2,1H3;7H,2-6H2,1H3;2-6H,1H3;7H,2-6H2,1H3;6H,2-5H2,1H3;5H2,1-4H3;1-4H3;5H,4H2,1-3H3/i;;;2D2;7D;;2D2;6D;5D2;1D3;4D2. The van der Waals surface area contributed by atoms with Gasteiger partial charge in [-0.15, -0.1) is 0 Å². The Morgan fingerprint density at radius 1 is 0.434 bits per heavy atom. The summed E-state index contributed by atoms with van der Waals surface area (Å²) in [6.45, 7) is 40.4. The van der Waals surface area contributed by atoms with E-state index in [1.165, 1.54) is 109 Å². The molecule has 76 heavy (non-hydrogen) atoms. The van der Waals surface area contributed by atoms with Crippen LogP contribution in [0.2, 0.25) is 0 Å². The Balaban J connectivity index is -0.000000916. The van der Waals surface area contributed by atoms with Crippen LogP contribution in [0.5, 0.6) is 0 Å². The van der Waals surface area contributed by atoms with Crippen molar-refractivity contribution >= 4 is 0 Å². The molecule has 0 nitrogen and oxygen atoms in total. The molecule has 0 spiro atoms. The molecule has 0 aromatic heterocycles. The molecular weight excluding hydrogens is 913 g/mol. The molecule has 4 aliphatic carbocycles. The summed E-state index contributed by atoms with van der Waals surface area (Å²) in [6.07, 6.45) is 17.7. The first kappa shape index (κ1) is 54.8. The van der Waals surface area contributed by atoms with Gasteiger partial charge in [-0.25, -0.2) is 0 Å². The molecule has 0 radical (unpaired) electrons. The number of hydrogen-bond acceptors (Lipinski definition) is 0. The van der Waals surface area contributed by atoms with Gasteiger partial charge in [0, 0.05) is 17.8 Å². The summed E-state index contributed by atoms with van der Waals surface area (Å²) in [5, 5.41) is 0. The normalized spacial score (nSPS) is 19.5. The number of hydrogen-bond donors (Lipinski definition) is 0. The zero-order valence-corrected chi connectivity index (χ0v) is 54.2. The number of aryl methyl sites for hydroxylation is 7. The maximum atomic E-state index is 7.63. The first-order valence-corrected chi connectivity index (χ1v) is 29.9. The highest BCUT2D eigenvalue weighted by molar-refractivity contribution is 5.31. The summed E-state index contributed by atoms with van der Waals surface area (Å²) in [7, 11) is 0. The highest BCUT2D eigenvalue weighted by Crippen LogP contribution is 2.27. The SMILES string of the molecule is Cc1ccc(C)cc1.Cc1cccc(C)c1C.Cc1ccccc1.Cc1ccccc1C.[2H]C([2H])(C)C(C)(C)C.[2H]C([2H])(C)C(C)C.[2H]C([2H])(C)C1CCCC1.[2H]C([2H])(C)C1CCCCC1.[2H]C([2H])([2H])C(C)(C)C.[2H]C1(C)CCCC1.[2H]C1(C)CCCCC1. The van der Waals surface area contributed by atoms with Crippen LogP contribution in [-0.2, 0) is 0 Å². The molecule has 0 heterocycles. The fourth-order valence-corrected chi connectivity index (χ4v) is 7.47. The fourth-order valence-electron chi connectivity index (χ4n) is 7.47. The molecule has 4 fully saturated rings. The molecule has 4 saturated carbocycles. The van der Waals surface area contributed by atoms with E-state index in [0.717, 1.165) is 51.4 Å². The summed E-state index contributed by atoms with van der Waals surface area (Å²) < 4.78 is 94.2. The quantitative estimate of drug-likeness (QED) is 0.192. The molecule has 0 amide bonds. The lowest BCUT2D eigenvalue weighted by Gasteiger charge is -2.18. The monoisotopic (exact) mass is 1060 g/mol. The number of rotatable bonds is 3. The van der Waals surface area contributed by atoms with Crippen LogP contribution in [0.15, 0.2) is 97.1 Å². The Hall–Kier alpha value is -3.12. The first-order valence-electron chi connectivity index (χ1n) is 36.4. The summed E-state index contributed by atoms with van der Waals surface area (Å²) in [5.74, 6) is 0.685. The van der Waals surface area contributed by atoms with Crippen molar-refractivity contribution in [3.05, 3.63) is 142 Å². The molecule has 0 heteroatoms. The van der Waals surface area contributed by atoms with Gasteiger partial charge in [-0.05, 0) is 124 Å². The van der Waals surface area contributed by atoms with Gasteiger partial charge < -0.3 is 0 Å². The Labute approximate surface area is 498 Å². The van der Waals surface area contributed by atoms with Gasteiger partial charge in [0.25, 0.3) is 0 Å². The second-order valence-corrected chi connectivity index (χ2v) is 24.2. The summed E-state index contributed by atoms with van der Waals surface area (Å²) >= 11 is 0. The Kier molecular flexibility index (Phi) is 35.3. The van der Waals surface area contributed by atoms with Gasteiger partial charge in [0.15, 0.2) is 0 Å². The first-order chi connectivity index (χ1) is 40.3. The molecular formula is C76H134. The predicted octanol–water partition coefficient (Wildman–Crippen LogP) is 26.1. The van der Waals surface area contributed by atoms with Crippen molar-refractivity contribution in [2.75, 3.05) is 0 Å². The van der Waals surface area contributed by atoms with Gasteiger partial charge in [0.2, 0.25) is 0 Å². The minimum absolute atomic E-state index is 0.0556. The van der Waals surface area contributed by atoms with E-state index in [0.29, 0.717) is 11.8 Å². The molecule has 4 aromatic rings. The van der Waals surface area contributed by atoms with Crippen molar-refractivity contribution in [1.82, 2.24) is 0 Å². The Bertz CT molecular complexity index is 2220. The third kappa shape index (κ3) is 55.6. The molecule has 0 unspecified atom stereocenters. The second kappa shape index (κ2) is 49.0. The molecule has 8 rings (SSSR count). The summed E-state index contributed by atoms with van der Waals surface area (Å²) in [5.41, 5.74) is 10.1. The van der Waals surface area contributed by atoms with Gasteiger partial charge in [-0.3, -0.25) is 0 Å². The lowest BCUT2D eigenvalue weighted by Crippen LogP contribution is -2.03. The molecule has 0 N–H and O–H groups in total. The third-order valence-electron chi connectivity index (χ3n) is 13.7. The molecule has 0 atom stereocenters. The van der Waals surface area contributed by atoms with Gasteiger partial charge >= 0.3 is 0 Å². The predicted molar refractivity (Wildman–Crippen MR) is 353 cm³/mol. The van der Waals surface area contributed by atoms with Crippen LogP contribution in [0.3, 0.4) is 0 Å². The smallest absolute Gasteiger partial charge is 0.0300 e. The van der Waals surface area contributed by atoms with Crippen LogP contribution in [0, 0.1) is 95.8 Å². The Morgan fingerprint density at radius 2 is 0.697 bits per heavy atom. The molecule has 0 aliphatic heterocycles. The van der Waals surface area contributed by atoms with Crippen molar-refractivity contribution in [3.63, 3.8) is 0 Å². The molecule has 0 saturated heterocycles. The van der Waals surface area contributed by atoms with E-state index in [-0.39, 0.29) is 23.1 Å². The minimum Gasteiger partial charge on any atom is -0.0651 e. The molecule has 0 bridgehead atoms. The molecule has 4 aliphatic rings. The minimum atomic E-state index is -1.81. The van der Waals surface area contributed by atoms with Gasteiger partial charge in [0.1, 0.15) is 0 Å². The maximum Gasteiger partial charge on any atom is 0.0300 e. The topological polar surface area (TPSA) is 0 Å². The fraction of sp³-hybridized carbons (Fsp3) is 0.684. The van der Waals surface area contributed by atoms with Crippen molar-refractivity contribution in [2.24, 2.45) is 40.4 Å². The van der Waals surface area contributed by atoms with Crippen LogP contribution in [0.1, 0.15) is 307 Å². The zero-order valence-electron chi connectivity index (χ0n) is 67.2. The highest BCUT2D eigenvalue weighted by atomic mass is 14.2. The van der Waals surface area contributed by atoms with E-state index in [2.05, 4.69) is 134 Å². The van der Waals surface area contributed by atoms with Crippen LogP contribution in [-0.4, -0.2) is 0 Å². The van der Waals surface area contributed by atoms with Crippen molar-refractivity contribution in [1.29, 1.82) is 0 Å². The molecule has 4 aromatic carbocycles. The van der Waals surface area contributed by atoms with Crippen LogP contribution in [0.4, 0.5) is 0 Å². The van der Waals surface area contributed by atoms with Gasteiger partial charge in [-0.1, -0.05) is 359 Å². The van der Waals surface area contributed by atoms with Crippen molar-refractivity contribution in [3.8, 4) is 0 Å². The van der Waals surface area contributed by atoms with E-state index >= 15 is 0 Å². The van der Waals surface area contributed by atoms with Gasteiger partial charge in [-0.2, -0.15) is 0 Å². The van der Waals surface area contributed by atoms with E-state index < -0.39 is 37.8 Å². The maximum absolute atomic E-state index is 7.63. The average Bonchev–Trinajstić information content (AvgIpc) is 4.24. The number of benzene rings is 4. The zero-order chi connectivity index (χ0) is 69.9. The Morgan fingerprint density at radius 3 is 0.895 bits per heavy atom. The van der Waals surface area contributed by atoms with Crippen molar-refractivity contribution < 1.29 is 17.8 Å². The van der Waals surface area contributed by atoms with E-state index in [9.17, 15) is 0 Å². The third-order valence-corrected chi connectivity index (χ3v) is 13.7. The van der Waals surface area contributed by atoms with E-state index in [4.69, 9.17) is 17.8 Å². The summed E-state index contributed by atoms with van der Waals surface area (Å²) in [6, 6.07) is 33.5. The van der Waals surface area contributed by atoms with E-state index in [1.807, 2.05) is 66.7 Å². The lowest BCUT2D eigenvalue weighted by atomic mass is 9.88. The van der Waals surface area contributed by atoms with Crippen molar-refractivity contribution in [2.45, 2.75) is 300 Å².